The molecule has 0 saturated carbocycles. The Balaban J connectivity index is 0.000000251. The average molecular weight is 538 g/mol. The number of aromatic nitrogens is 4. The van der Waals surface area contributed by atoms with Gasteiger partial charge in [0.2, 0.25) is 0 Å². The molecular formula is C23H31N5O8S. The zero-order valence-corrected chi connectivity index (χ0v) is 21.3. The highest BCUT2D eigenvalue weighted by molar-refractivity contribution is 7.98. The second kappa shape index (κ2) is 11.5. The average Bonchev–Trinajstić information content (AvgIpc) is 3.35. The monoisotopic (exact) mass is 537 g/mol. The van der Waals surface area contributed by atoms with E-state index in [-0.39, 0.29) is 0 Å². The fraction of sp³-hybridized carbons (Fsp3) is 0.565. The molecule has 2 unspecified atom stereocenters. The van der Waals surface area contributed by atoms with Crippen molar-refractivity contribution in [2.75, 3.05) is 6.26 Å². The largest absolute Gasteiger partial charge is 0.481 e. The molecule has 2 aromatic rings. The van der Waals surface area contributed by atoms with Gasteiger partial charge in [-0.3, -0.25) is 14.5 Å². The number of carboxylic acid groups (broad SMARTS) is 3. The lowest BCUT2D eigenvalue weighted by atomic mass is 9.85. The van der Waals surface area contributed by atoms with Gasteiger partial charge in [0.15, 0.2) is 10.8 Å². The van der Waals surface area contributed by atoms with E-state index in [0.717, 1.165) is 48.8 Å². The van der Waals surface area contributed by atoms with E-state index in [0.29, 0.717) is 12.1 Å². The van der Waals surface area contributed by atoms with Crippen LogP contribution in [0.5, 0.6) is 0 Å². The van der Waals surface area contributed by atoms with Gasteiger partial charge in [0.05, 0.1) is 12.8 Å². The minimum absolute atomic E-state index is 0.394. The normalized spacial score (nSPS) is 23.2. The van der Waals surface area contributed by atoms with Crippen LogP contribution in [-0.4, -0.2) is 91.8 Å². The molecule has 13 nitrogen and oxygen atoms in total. The maximum Gasteiger partial charge on any atom is 0.336 e. The second-order valence-electron chi connectivity index (χ2n) is 9.41. The Kier molecular flexibility index (Phi) is 8.89. The van der Waals surface area contributed by atoms with Gasteiger partial charge in [0, 0.05) is 56.0 Å². The summed E-state index contributed by atoms with van der Waals surface area (Å²) in [6, 6.07) is 0.788. The number of hydrogen-bond donors (Lipinski definition) is 5. The van der Waals surface area contributed by atoms with E-state index in [9.17, 15) is 19.5 Å². The van der Waals surface area contributed by atoms with Crippen LogP contribution in [0.4, 0.5) is 0 Å². The van der Waals surface area contributed by atoms with Crippen LogP contribution in [0.2, 0.25) is 0 Å². The van der Waals surface area contributed by atoms with E-state index in [1.807, 2.05) is 36.5 Å². The van der Waals surface area contributed by atoms with Gasteiger partial charge in [-0.2, -0.15) is 0 Å². The number of imidazole rings is 1. The lowest BCUT2D eigenvalue weighted by Gasteiger charge is -2.43. The van der Waals surface area contributed by atoms with Gasteiger partial charge >= 0.3 is 17.9 Å². The molecule has 0 amide bonds. The fourth-order valence-electron chi connectivity index (χ4n) is 5.03. The van der Waals surface area contributed by atoms with E-state index in [1.165, 1.54) is 0 Å². The molecular weight excluding hydrogens is 506 g/mol. The van der Waals surface area contributed by atoms with Gasteiger partial charge in [0.25, 0.3) is 0 Å². The van der Waals surface area contributed by atoms with E-state index < -0.39 is 42.0 Å². The highest BCUT2D eigenvalue weighted by Crippen LogP contribution is 2.45. The van der Waals surface area contributed by atoms with Crippen LogP contribution in [0.25, 0.3) is 0 Å². The minimum Gasteiger partial charge on any atom is -0.481 e. The minimum atomic E-state index is -2.74. The van der Waals surface area contributed by atoms with Crippen molar-refractivity contribution in [3.63, 3.8) is 0 Å². The quantitative estimate of drug-likeness (QED) is 0.221. The summed E-state index contributed by atoms with van der Waals surface area (Å²) in [5, 5.41) is 45.8. The van der Waals surface area contributed by atoms with Gasteiger partial charge in [-0.25, -0.2) is 19.7 Å². The molecule has 2 bridgehead atoms. The molecule has 2 aromatic heterocycles. The molecule has 0 aromatic carbocycles. The third kappa shape index (κ3) is 6.83. The second-order valence-corrected chi connectivity index (χ2v) is 10.2. The lowest BCUT2D eigenvalue weighted by molar-refractivity contribution is -0.170. The Hall–Kier alpha value is -3.07. The van der Waals surface area contributed by atoms with Crippen molar-refractivity contribution in [1.82, 2.24) is 24.4 Å². The smallest absolute Gasteiger partial charge is 0.336 e. The molecule has 2 atom stereocenters. The van der Waals surface area contributed by atoms with Gasteiger partial charge in [-0.05, 0) is 31.9 Å². The maximum atomic E-state index is 11.2. The molecule has 2 aliphatic rings. The van der Waals surface area contributed by atoms with Crippen LogP contribution in [0.1, 0.15) is 49.9 Å². The summed E-state index contributed by atoms with van der Waals surface area (Å²) in [5.41, 5.74) is -2.40. The van der Waals surface area contributed by atoms with Crippen LogP contribution in [0.15, 0.2) is 29.9 Å². The first-order valence-electron chi connectivity index (χ1n) is 11.6. The summed E-state index contributed by atoms with van der Waals surface area (Å²) in [6.45, 7) is 0.862. The van der Waals surface area contributed by atoms with Crippen molar-refractivity contribution < 1.29 is 39.9 Å². The van der Waals surface area contributed by atoms with Crippen molar-refractivity contribution in [3.8, 4) is 0 Å². The number of nitrogens with zero attached hydrogens (tertiary/aromatic N) is 5. The third-order valence-corrected chi connectivity index (χ3v) is 7.25. The Labute approximate surface area is 217 Å². The predicted molar refractivity (Wildman–Crippen MR) is 130 cm³/mol. The number of carbonyl (C=O) groups is 3. The molecule has 0 aliphatic carbocycles. The zero-order valence-electron chi connectivity index (χ0n) is 20.5. The van der Waals surface area contributed by atoms with Gasteiger partial charge < -0.3 is 30.1 Å². The fourth-order valence-corrected chi connectivity index (χ4v) is 5.34. The molecule has 202 valence electrons. The number of hydrogen-bond acceptors (Lipinski definition) is 10. The lowest BCUT2D eigenvalue weighted by Crippen LogP contribution is -2.50. The number of carboxylic acids is 3. The Morgan fingerprint density at radius 3 is 2.00 bits per heavy atom. The summed E-state index contributed by atoms with van der Waals surface area (Å²) in [5.74, 6) is -4.22. The van der Waals surface area contributed by atoms with E-state index in [2.05, 4.69) is 19.9 Å². The topological polar surface area (TPSA) is 199 Å². The molecule has 5 N–H and O–H groups in total. The number of rotatable bonds is 9. The van der Waals surface area contributed by atoms with Crippen LogP contribution >= 0.6 is 11.8 Å². The van der Waals surface area contributed by atoms with Gasteiger partial charge in [-0.15, -0.1) is 0 Å². The number of thioether (sulfide) groups is 1. The van der Waals surface area contributed by atoms with Gasteiger partial charge in [0.1, 0.15) is 11.4 Å². The molecule has 37 heavy (non-hydrogen) atoms. The zero-order chi connectivity index (χ0) is 27.4. The Morgan fingerprint density at radius 2 is 1.59 bits per heavy atom. The number of piperidine rings is 1. The number of aliphatic hydroxyl groups is 2. The summed E-state index contributed by atoms with van der Waals surface area (Å²) >= 11 is 1.56. The maximum absolute atomic E-state index is 11.2. The molecule has 4 rings (SSSR count). The van der Waals surface area contributed by atoms with Crippen molar-refractivity contribution in [1.29, 1.82) is 0 Å². The Bertz CT molecular complexity index is 1090. The SMILES string of the molecule is CSc1ncc(CN2C3CCC2CC(O)(c2nccn2C)C3)cn1.O=C(O)CC(O)(CC(=O)O)C(=O)O. The van der Waals surface area contributed by atoms with Crippen LogP contribution in [-0.2, 0) is 33.6 Å². The summed E-state index contributed by atoms with van der Waals surface area (Å²) in [6.07, 6.45) is 11.0. The first-order valence-corrected chi connectivity index (χ1v) is 12.8. The van der Waals surface area contributed by atoms with E-state index in [1.54, 1.807) is 18.0 Å². The molecule has 0 radical (unpaired) electrons. The molecule has 4 heterocycles. The third-order valence-electron chi connectivity index (χ3n) is 6.67. The van der Waals surface area contributed by atoms with Crippen molar-refractivity contribution in [3.05, 3.63) is 36.2 Å². The van der Waals surface area contributed by atoms with E-state index >= 15 is 0 Å². The highest BCUT2D eigenvalue weighted by atomic mass is 32.2. The predicted octanol–water partition coefficient (Wildman–Crippen LogP) is 0.698. The van der Waals surface area contributed by atoms with Crippen LogP contribution < -0.4 is 0 Å². The highest BCUT2D eigenvalue weighted by Gasteiger charge is 2.49. The van der Waals surface area contributed by atoms with Crippen molar-refractivity contribution >= 4 is 29.7 Å². The molecule has 0 spiro atoms. The summed E-state index contributed by atoms with van der Waals surface area (Å²) in [7, 11) is 1.96. The first kappa shape index (κ1) is 28.5. The summed E-state index contributed by atoms with van der Waals surface area (Å²) < 4.78 is 1.95. The summed E-state index contributed by atoms with van der Waals surface area (Å²) in [4.78, 5) is 46.2. The molecule has 2 aliphatic heterocycles. The number of aliphatic carboxylic acids is 3. The van der Waals surface area contributed by atoms with Crippen molar-refractivity contribution in [2.45, 2.75) is 73.5 Å². The molecule has 2 fully saturated rings. The van der Waals surface area contributed by atoms with Crippen molar-refractivity contribution in [2.24, 2.45) is 7.05 Å². The first-order chi connectivity index (χ1) is 17.4. The van der Waals surface area contributed by atoms with Gasteiger partial charge in [-0.1, -0.05) is 11.8 Å². The standard InChI is InChI=1S/C17H23N5OS.C6H8O7/c1-21-6-5-18-15(21)17(23)7-13-3-4-14(8-17)22(13)11-12-9-19-16(24-2)20-10-12;7-3(8)1-6(13,5(11)12)2-4(9)10/h5-6,9-10,13-14,23H,3-4,7-8,11H2,1-2H3;13H,1-2H2,(H,7,8)(H,9,10)(H,11,12). The number of aryl methyl sites for hydroxylation is 1. The number of fused-ring (bicyclic) bond motifs is 2. The van der Waals surface area contributed by atoms with E-state index in [4.69, 9.17) is 20.4 Å². The Morgan fingerprint density at radius 1 is 1.05 bits per heavy atom. The molecule has 14 heteroatoms. The van der Waals surface area contributed by atoms with Crippen LogP contribution in [0.3, 0.4) is 0 Å². The van der Waals surface area contributed by atoms with Crippen LogP contribution in [0, 0.1) is 0 Å². The molecule has 2 saturated heterocycles.